The summed E-state index contributed by atoms with van der Waals surface area (Å²) in [6.45, 7) is 1.21. The average molecular weight is 509 g/mol. The molecule has 1 unspecified atom stereocenters. The predicted molar refractivity (Wildman–Crippen MR) is 136 cm³/mol. The van der Waals surface area contributed by atoms with Crippen molar-refractivity contribution >= 4 is 23.2 Å². The quantitative estimate of drug-likeness (QED) is 0.410. The number of methoxy groups -OCH3 is 1. The van der Waals surface area contributed by atoms with Gasteiger partial charge in [-0.1, -0.05) is 18.2 Å². The summed E-state index contributed by atoms with van der Waals surface area (Å²) < 4.78 is 25.3. The van der Waals surface area contributed by atoms with Gasteiger partial charge in [-0.15, -0.1) is 11.3 Å². The van der Waals surface area contributed by atoms with Crippen LogP contribution in [0, 0.1) is 11.7 Å². The lowest BCUT2D eigenvalue weighted by Gasteiger charge is -2.37. The molecule has 6 nitrogen and oxygen atoms in total. The lowest BCUT2D eigenvalue weighted by Crippen LogP contribution is -2.48. The number of fused-ring (bicyclic) bond motifs is 1. The molecule has 5 rings (SSSR count). The Labute approximate surface area is 214 Å². The molecular weight excluding hydrogens is 479 g/mol. The molecule has 8 heteroatoms. The molecule has 0 saturated heterocycles. The van der Waals surface area contributed by atoms with Gasteiger partial charge in [0.15, 0.2) is 11.6 Å². The van der Waals surface area contributed by atoms with Crippen molar-refractivity contribution in [2.75, 3.05) is 33.4 Å². The lowest BCUT2D eigenvalue weighted by molar-refractivity contribution is -0.135. The summed E-state index contributed by atoms with van der Waals surface area (Å²) in [5, 5.41) is 2.01. The number of hydrogen-bond donors (Lipinski definition) is 0. The molecule has 2 aliphatic rings. The van der Waals surface area contributed by atoms with Gasteiger partial charge >= 0.3 is 0 Å². The third-order valence-corrected chi connectivity index (χ3v) is 7.75. The van der Waals surface area contributed by atoms with Crippen molar-refractivity contribution < 1.29 is 23.5 Å². The monoisotopic (exact) mass is 508 g/mol. The number of ether oxygens (including phenoxy) is 2. The minimum Gasteiger partial charge on any atom is -0.497 e. The van der Waals surface area contributed by atoms with E-state index in [1.54, 1.807) is 70.7 Å². The SMILES string of the molecule is COc1cccc(C(=O)N(CC(=O)N2CCc3sccc3C2COc2ccccc2F)CC2CC2)c1. The Hall–Kier alpha value is -3.39. The Morgan fingerprint density at radius 3 is 2.75 bits per heavy atom. The lowest BCUT2D eigenvalue weighted by atomic mass is 10.00. The fourth-order valence-corrected chi connectivity index (χ4v) is 5.56. The van der Waals surface area contributed by atoms with E-state index in [1.807, 2.05) is 11.4 Å². The Bertz CT molecular complexity index is 1240. The number of rotatable bonds is 9. The van der Waals surface area contributed by atoms with Crippen LogP contribution in [0.1, 0.15) is 39.7 Å². The topological polar surface area (TPSA) is 59.1 Å². The summed E-state index contributed by atoms with van der Waals surface area (Å²) in [5.41, 5.74) is 1.53. The van der Waals surface area contributed by atoms with Crippen LogP contribution in [0.5, 0.6) is 11.5 Å². The first kappa shape index (κ1) is 24.3. The summed E-state index contributed by atoms with van der Waals surface area (Å²) in [5.74, 6) is 0.446. The smallest absolute Gasteiger partial charge is 0.254 e. The zero-order chi connectivity index (χ0) is 25.1. The Balaban J connectivity index is 1.35. The van der Waals surface area contributed by atoms with Crippen molar-refractivity contribution in [1.29, 1.82) is 0 Å². The number of hydrogen-bond acceptors (Lipinski definition) is 5. The van der Waals surface area contributed by atoms with E-state index in [9.17, 15) is 14.0 Å². The second-order valence-electron chi connectivity index (χ2n) is 9.25. The molecule has 0 bridgehead atoms. The van der Waals surface area contributed by atoms with Crippen molar-refractivity contribution in [3.63, 3.8) is 0 Å². The highest BCUT2D eigenvalue weighted by Gasteiger charge is 2.35. The van der Waals surface area contributed by atoms with Gasteiger partial charge in [0, 0.05) is 23.5 Å². The second kappa shape index (κ2) is 10.7. The minimum atomic E-state index is -0.434. The number of amides is 2. The molecule has 0 spiro atoms. The third kappa shape index (κ3) is 5.38. The van der Waals surface area contributed by atoms with Crippen LogP contribution < -0.4 is 9.47 Å². The molecule has 1 saturated carbocycles. The zero-order valence-electron chi connectivity index (χ0n) is 20.2. The number of halogens is 1. The molecule has 1 atom stereocenters. The average Bonchev–Trinajstić information content (AvgIpc) is 3.59. The van der Waals surface area contributed by atoms with Crippen LogP contribution in [0.15, 0.2) is 60.0 Å². The fourth-order valence-electron chi connectivity index (χ4n) is 4.63. The van der Waals surface area contributed by atoms with Crippen molar-refractivity contribution in [2.45, 2.75) is 25.3 Å². The molecule has 2 aromatic carbocycles. The van der Waals surface area contributed by atoms with Crippen LogP contribution in [0.3, 0.4) is 0 Å². The molecule has 1 aliphatic heterocycles. The van der Waals surface area contributed by atoms with Crippen LogP contribution >= 0.6 is 11.3 Å². The summed E-state index contributed by atoms with van der Waals surface area (Å²) in [7, 11) is 1.56. The van der Waals surface area contributed by atoms with Gasteiger partial charge in [0.25, 0.3) is 5.91 Å². The maximum absolute atomic E-state index is 14.2. The van der Waals surface area contributed by atoms with Crippen LogP contribution in [-0.2, 0) is 11.2 Å². The van der Waals surface area contributed by atoms with Crippen LogP contribution in [0.2, 0.25) is 0 Å². The van der Waals surface area contributed by atoms with E-state index in [0.717, 1.165) is 24.8 Å². The normalized spacial score (nSPS) is 16.8. The van der Waals surface area contributed by atoms with Gasteiger partial charge in [0.1, 0.15) is 18.9 Å². The molecular formula is C28H29FN2O4S. The molecule has 1 fully saturated rings. The van der Waals surface area contributed by atoms with Crippen LogP contribution in [0.4, 0.5) is 4.39 Å². The van der Waals surface area contributed by atoms with Gasteiger partial charge < -0.3 is 19.3 Å². The van der Waals surface area contributed by atoms with Gasteiger partial charge in [-0.25, -0.2) is 4.39 Å². The summed E-state index contributed by atoms with van der Waals surface area (Å²) in [6.07, 6.45) is 2.88. The number of carbonyl (C=O) groups excluding carboxylic acids is 2. The fraction of sp³-hybridized carbons (Fsp3) is 0.357. The van der Waals surface area contributed by atoms with E-state index in [-0.39, 0.29) is 36.8 Å². The summed E-state index contributed by atoms with van der Waals surface area (Å²) >= 11 is 1.66. The molecule has 0 N–H and O–H groups in total. The highest BCUT2D eigenvalue weighted by molar-refractivity contribution is 7.10. The maximum atomic E-state index is 14.2. The van der Waals surface area contributed by atoms with Gasteiger partial charge in [0.05, 0.1) is 13.2 Å². The van der Waals surface area contributed by atoms with E-state index in [2.05, 4.69) is 0 Å². The first-order valence-corrected chi connectivity index (χ1v) is 13.1. The van der Waals surface area contributed by atoms with Gasteiger partial charge in [-0.2, -0.15) is 0 Å². The number of nitrogens with zero attached hydrogens (tertiary/aromatic N) is 2. The van der Waals surface area contributed by atoms with E-state index in [0.29, 0.717) is 30.3 Å². The largest absolute Gasteiger partial charge is 0.497 e. The van der Waals surface area contributed by atoms with E-state index >= 15 is 0 Å². The molecule has 3 aromatic rings. The van der Waals surface area contributed by atoms with Crippen LogP contribution in [-0.4, -0.2) is 55.0 Å². The minimum absolute atomic E-state index is 0.0117. The van der Waals surface area contributed by atoms with Crippen LogP contribution in [0.25, 0.3) is 0 Å². The predicted octanol–water partition coefficient (Wildman–Crippen LogP) is 4.95. The molecule has 2 heterocycles. The number of benzene rings is 2. The molecule has 0 radical (unpaired) electrons. The highest BCUT2D eigenvalue weighted by atomic mass is 32.1. The maximum Gasteiger partial charge on any atom is 0.254 e. The Kier molecular flexibility index (Phi) is 7.23. The molecule has 2 amide bonds. The number of para-hydroxylation sites is 1. The highest BCUT2D eigenvalue weighted by Crippen LogP contribution is 2.35. The first-order valence-electron chi connectivity index (χ1n) is 12.2. The van der Waals surface area contributed by atoms with Gasteiger partial charge in [-0.3, -0.25) is 9.59 Å². The second-order valence-corrected chi connectivity index (χ2v) is 10.3. The van der Waals surface area contributed by atoms with Crippen molar-refractivity contribution in [3.8, 4) is 11.5 Å². The standard InChI is InChI=1S/C28H29FN2O4S/c1-34-21-6-4-5-20(15-21)28(33)30(16-19-9-10-19)17-27(32)31-13-11-26-22(12-14-36-26)24(31)18-35-25-8-3-2-7-23(25)29/h2-8,12,14-15,19,24H,9-11,13,16-18H2,1H3. The van der Waals surface area contributed by atoms with E-state index < -0.39 is 5.82 Å². The zero-order valence-corrected chi connectivity index (χ0v) is 21.0. The summed E-state index contributed by atoms with van der Waals surface area (Å²) in [6, 6.07) is 15.0. The van der Waals surface area contributed by atoms with E-state index in [4.69, 9.17) is 9.47 Å². The summed E-state index contributed by atoms with van der Waals surface area (Å²) in [4.78, 5) is 31.7. The van der Waals surface area contributed by atoms with Gasteiger partial charge in [0.2, 0.25) is 5.91 Å². The number of carbonyl (C=O) groups is 2. The van der Waals surface area contributed by atoms with Crippen molar-refractivity contribution in [1.82, 2.24) is 9.80 Å². The molecule has 1 aliphatic carbocycles. The van der Waals surface area contributed by atoms with Gasteiger partial charge in [-0.05, 0) is 72.5 Å². The third-order valence-electron chi connectivity index (χ3n) is 6.75. The van der Waals surface area contributed by atoms with E-state index in [1.165, 1.54) is 10.9 Å². The Morgan fingerprint density at radius 1 is 1.14 bits per heavy atom. The van der Waals surface area contributed by atoms with Crippen molar-refractivity contribution in [2.24, 2.45) is 5.92 Å². The van der Waals surface area contributed by atoms with Crippen molar-refractivity contribution in [3.05, 3.63) is 81.8 Å². The Morgan fingerprint density at radius 2 is 1.97 bits per heavy atom. The number of thiophene rings is 1. The molecule has 36 heavy (non-hydrogen) atoms. The molecule has 1 aromatic heterocycles. The molecule has 188 valence electrons. The first-order chi connectivity index (χ1) is 17.5.